The Morgan fingerprint density at radius 1 is 1.30 bits per heavy atom. The molecule has 0 bridgehead atoms. The van der Waals surface area contributed by atoms with Crippen LogP contribution in [0.1, 0.15) is 32.6 Å². The van der Waals surface area contributed by atoms with Crippen LogP contribution in [0.2, 0.25) is 8.87 Å². The fourth-order valence-electron chi connectivity index (χ4n) is 0.737. The maximum absolute atomic E-state index is 9.91. The summed E-state index contributed by atoms with van der Waals surface area (Å²) < 4.78 is 2.92. The molecular weight excluding hydrogens is 231 g/mol. The Bertz CT molecular complexity index is 73.7. The van der Waals surface area contributed by atoms with Crippen molar-refractivity contribution in [3.63, 3.8) is 0 Å². The van der Waals surface area contributed by atoms with E-state index in [0.29, 0.717) is 0 Å². The molecule has 0 fully saturated rings. The molecule has 58 valence electrons. The molecule has 0 aromatic rings. The van der Waals surface area contributed by atoms with Crippen molar-refractivity contribution >= 4 is 27.4 Å². The third kappa shape index (κ3) is 8.47. The Morgan fingerprint density at radius 3 is 2.60 bits per heavy atom. The van der Waals surface area contributed by atoms with Crippen LogP contribution in [0.5, 0.6) is 0 Å². The van der Waals surface area contributed by atoms with Crippen molar-refractivity contribution in [2.75, 3.05) is 0 Å². The molecule has 0 aliphatic heterocycles. The van der Waals surface area contributed by atoms with E-state index < -0.39 is 0 Å². The Kier molecular flexibility index (Phi) is 9.91. The number of carbonyl (C=O) groups is 1. The first-order valence-electron chi connectivity index (χ1n) is 4.06. The number of hydrogen-bond donors (Lipinski definition) is 0. The van der Waals surface area contributed by atoms with E-state index in [4.69, 9.17) is 0 Å². The molecule has 0 rings (SSSR count). The Labute approximate surface area is 73.8 Å². The minimum atomic E-state index is -0.0222. The zero-order valence-corrected chi connectivity index (χ0v) is 9.58. The molecule has 0 atom stereocenters. The quantitative estimate of drug-likeness (QED) is 0.383. The van der Waals surface area contributed by atoms with Gasteiger partial charge in [0.15, 0.2) is 0 Å². The molecule has 0 saturated carbocycles. The van der Waals surface area contributed by atoms with Gasteiger partial charge in [-0.25, -0.2) is 0 Å². The van der Waals surface area contributed by atoms with Crippen LogP contribution in [0, 0.1) is 0 Å². The Balaban J connectivity index is 2.70. The number of unbranched alkanes of at least 4 members (excludes halogenated alkanes) is 2. The van der Waals surface area contributed by atoms with Crippen LogP contribution in [-0.4, -0.2) is 27.4 Å². The van der Waals surface area contributed by atoms with Gasteiger partial charge in [-0.05, 0) is 0 Å². The summed E-state index contributed by atoms with van der Waals surface area (Å²) in [7, 11) is 0. The van der Waals surface area contributed by atoms with Gasteiger partial charge in [0.1, 0.15) is 0 Å². The summed E-state index contributed by atoms with van der Waals surface area (Å²) in [5.41, 5.74) is 0. The van der Waals surface area contributed by atoms with Crippen molar-refractivity contribution in [1.82, 2.24) is 0 Å². The number of carbonyl (C=O) groups excluding carboxylic acids is 1. The molecule has 0 aromatic heterocycles. The van der Waals surface area contributed by atoms with Gasteiger partial charge in [0, 0.05) is 0 Å². The average molecular weight is 247 g/mol. The van der Waals surface area contributed by atoms with Gasteiger partial charge in [0.2, 0.25) is 0 Å². The van der Waals surface area contributed by atoms with Crippen LogP contribution in [0.25, 0.3) is 0 Å². The van der Waals surface area contributed by atoms with E-state index in [1.807, 2.05) is 0 Å². The van der Waals surface area contributed by atoms with Crippen LogP contribution < -0.4 is 0 Å². The third-order valence-electron chi connectivity index (χ3n) is 1.38. The van der Waals surface area contributed by atoms with Crippen LogP contribution in [-0.2, 0) is 4.79 Å². The second-order valence-electron chi connectivity index (χ2n) is 2.41. The summed E-state index contributed by atoms with van der Waals surface area (Å²) in [5, 5.41) is 0. The fraction of sp³-hybridized carbons (Fsp3) is 0.875. The van der Waals surface area contributed by atoms with Gasteiger partial charge in [-0.2, -0.15) is 0 Å². The third-order valence-corrected chi connectivity index (χ3v) is 5.42. The molecule has 0 spiro atoms. The van der Waals surface area contributed by atoms with Gasteiger partial charge in [-0.3, -0.25) is 0 Å². The minimum absolute atomic E-state index is 0.0222. The average Bonchev–Trinajstić information content (AvgIpc) is 1.97. The van der Waals surface area contributed by atoms with Crippen LogP contribution in [0.15, 0.2) is 0 Å². The monoisotopic (exact) mass is 248 g/mol. The molecule has 2 heteroatoms. The maximum atomic E-state index is 9.91. The van der Waals surface area contributed by atoms with Crippen molar-refractivity contribution in [1.29, 1.82) is 0 Å². The topological polar surface area (TPSA) is 17.1 Å². The molecule has 2 radical (unpaired) electrons. The zero-order valence-electron chi connectivity index (χ0n) is 6.73. The summed E-state index contributed by atoms with van der Waals surface area (Å²) >= 11 is -0.0222. The van der Waals surface area contributed by atoms with E-state index in [1.54, 1.807) is 0 Å². The van der Waals surface area contributed by atoms with Gasteiger partial charge in [-0.1, -0.05) is 0 Å². The van der Waals surface area contributed by atoms with E-state index in [2.05, 4.69) is 6.92 Å². The van der Waals surface area contributed by atoms with Gasteiger partial charge < -0.3 is 0 Å². The molecule has 1 nitrogen and oxygen atoms in total. The molecule has 0 saturated heterocycles. The summed E-state index contributed by atoms with van der Waals surface area (Å²) in [5.74, 6) is 0. The van der Waals surface area contributed by atoms with E-state index in [1.165, 1.54) is 28.1 Å². The van der Waals surface area contributed by atoms with Crippen molar-refractivity contribution in [3.8, 4) is 0 Å². The van der Waals surface area contributed by atoms with Crippen LogP contribution in [0.3, 0.4) is 0 Å². The van der Waals surface area contributed by atoms with Crippen molar-refractivity contribution in [2.45, 2.75) is 41.5 Å². The molecule has 0 heterocycles. The first kappa shape index (κ1) is 10.5. The molecular formula is C8H16OSn. The Hall–Kier alpha value is 0.469. The van der Waals surface area contributed by atoms with Crippen molar-refractivity contribution < 1.29 is 4.79 Å². The fourth-order valence-corrected chi connectivity index (χ4v) is 4.47. The standard InChI is InChI=1S/C4H7O.C4H9.Sn/c1-2-3-4-5;1-3-4-2;/h4H,1-3H2;1,3-4H2,2H3;. The summed E-state index contributed by atoms with van der Waals surface area (Å²) in [4.78, 5) is 9.91. The predicted octanol–water partition coefficient (Wildman–Crippen LogP) is 2.31. The normalized spacial score (nSPS) is 9.70. The number of rotatable bonds is 7. The SMILES string of the molecule is CCC[CH2][Sn][CH2]CCC=O. The van der Waals surface area contributed by atoms with E-state index in [0.717, 1.165) is 12.7 Å². The molecule has 0 amide bonds. The first-order chi connectivity index (χ1) is 4.91. The van der Waals surface area contributed by atoms with E-state index in [-0.39, 0.29) is 21.1 Å². The number of aldehydes is 1. The van der Waals surface area contributed by atoms with Crippen LogP contribution in [0.4, 0.5) is 0 Å². The second kappa shape index (κ2) is 9.47. The van der Waals surface area contributed by atoms with Crippen molar-refractivity contribution in [3.05, 3.63) is 0 Å². The van der Waals surface area contributed by atoms with Gasteiger partial charge >= 0.3 is 73.7 Å². The Morgan fingerprint density at radius 2 is 2.00 bits per heavy atom. The van der Waals surface area contributed by atoms with Gasteiger partial charge in [-0.15, -0.1) is 0 Å². The molecule has 0 aromatic carbocycles. The van der Waals surface area contributed by atoms with Crippen LogP contribution >= 0.6 is 0 Å². The molecule has 0 aliphatic carbocycles. The molecule has 0 N–H and O–H groups in total. The van der Waals surface area contributed by atoms with Gasteiger partial charge in [0.25, 0.3) is 0 Å². The van der Waals surface area contributed by atoms with E-state index >= 15 is 0 Å². The summed E-state index contributed by atoms with van der Waals surface area (Å²) in [6.45, 7) is 2.24. The summed E-state index contributed by atoms with van der Waals surface area (Å²) in [6.07, 6.45) is 5.77. The molecule has 0 aliphatic rings. The van der Waals surface area contributed by atoms with Crippen molar-refractivity contribution in [2.24, 2.45) is 0 Å². The number of hydrogen-bond acceptors (Lipinski definition) is 1. The predicted molar refractivity (Wildman–Crippen MR) is 45.6 cm³/mol. The van der Waals surface area contributed by atoms with E-state index in [9.17, 15) is 4.79 Å². The zero-order chi connectivity index (χ0) is 7.66. The van der Waals surface area contributed by atoms with Gasteiger partial charge in [0.05, 0.1) is 0 Å². The first-order valence-corrected chi connectivity index (χ1v) is 8.09. The molecule has 10 heavy (non-hydrogen) atoms. The summed E-state index contributed by atoms with van der Waals surface area (Å²) in [6, 6.07) is 0. The molecule has 0 unspecified atom stereocenters. The second-order valence-corrected chi connectivity index (χ2v) is 6.69.